The molecule has 0 aliphatic rings. The second-order valence-corrected chi connectivity index (χ2v) is 4.19. The van der Waals surface area contributed by atoms with Crippen LogP contribution in [-0.2, 0) is 12.6 Å². The zero-order valence-electron chi connectivity index (χ0n) is 9.88. The van der Waals surface area contributed by atoms with Gasteiger partial charge < -0.3 is 5.73 Å². The van der Waals surface area contributed by atoms with Gasteiger partial charge in [-0.05, 0) is 49.7 Å². The van der Waals surface area contributed by atoms with Crippen molar-refractivity contribution in [2.45, 2.75) is 19.5 Å². The third-order valence-electron chi connectivity index (χ3n) is 2.76. The smallest absolute Gasteiger partial charge is 0.330 e. The molecular weight excluding hydrogens is 241 g/mol. The highest BCUT2D eigenvalue weighted by Crippen LogP contribution is 2.32. The molecule has 0 bridgehead atoms. The van der Waals surface area contributed by atoms with Crippen LogP contribution in [-0.4, -0.2) is 11.5 Å². The molecule has 0 atom stereocenters. The minimum Gasteiger partial charge on any atom is -0.330 e. The zero-order chi connectivity index (χ0) is 13.3. The molecule has 5 heteroatoms. The van der Waals surface area contributed by atoms with Gasteiger partial charge in [-0.25, -0.2) is 0 Å². The van der Waals surface area contributed by atoms with Crippen molar-refractivity contribution in [2.24, 2.45) is 5.73 Å². The van der Waals surface area contributed by atoms with Crippen LogP contribution in [0.4, 0.5) is 13.2 Å². The Kier molecular flexibility index (Phi) is 3.26. The normalized spacial score (nSPS) is 12.1. The quantitative estimate of drug-likeness (QED) is 0.894. The summed E-state index contributed by atoms with van der Waals surface area (Å²) in [5.74, 6) is 0. The average Bonchev–Trinajstić information content (AvgIpc) is 2.27. The molecule has 2 aromatic rings. The number of aromatic nitrogens is 1. The van der Waals surface area contributed by atoms with Gasteiger partial charge >= 0.3 is 6.18 Å². The summed E-state index contributed by atoms with van der Waals surface area (Å²) in [7, 11) is 0. The number of rotatable bonds is 2. The Hall–Kier alpha value is -1.62. The molecule has 0 saturated carbocycles. The number of hydrogen-bond acceptors (Lipinski definition) is 2. The SMILES string of the molecule is Cc1cc(CCN)c2cc(C(F)(F)F)ccc2n1. The third kappa shape index (κ3) is 2.46. The summed E-state index contributed by atoms with van der Waals surface area (Å²) in [4.78, 5) is 4.23. The molecule has 0 unspecified atom stereocenters. The molecule has 0 radical (unpaired) electrons. The van der Waals surface area contributed by atoms with E-state index in [9.17, 15) is 13.2 Å². The summed E-state index contributed by atoms with van der Waals surface area (Å²) in [6.45, 7) is 2.21. The Labute approximate surface area is 103 Å². The number of aryl methyl sites for hydroxylation is 1. The van der Waals surface area contributed by atoms with Gasteiger partial charge in [-0.15, -0.1) is 0 Å². The fourth-order valence-corrected chi connectivity index (χ4v) is 1.98. The number of benzene rings is 1. The largest absolute Gasteiger partial charge is 0.416 e. The number of fused-ring (bicyclic) bond motifs is 1. The standard InChI is InChI=1S/C13H13F3N2/c1-8-6-9(4-5-17)11-7-10(13(14,15)16)2-3-12(11)18-8/h2-3,6-7H,4-5,17H2,1H3. The van der Waals surface area contributed by atoms with Gasteiger partial charge in [-0.3, -0.25) is 4.98 Å². The molecule has 0 saturated heterocycles. The fraction of sp³-hybridized carbons (Fsp3) is 0.308. The van der Waals surface area contributed by atoms with E-state index in [1.54, 1.807) is 6.07 Å². The number of hydrogen-bond donors (Lipinski definition) is 1. The van der Waals surface area contributed by atoms with Crippen molar-refractivity contribution < 1.29 is 13.2 Å². The molecular formula is C13H13F3N2. The summed E-state index contributed by atoms with van der Waals surface area (Å²) in [5, 5.41) is 0.529. The zero-order valence-corrected chi connectivity index (χ0v) is 9.88. The topological polar surface area (TPSA) is 38.9 Å². The predicted octanol–water partition coefficient (Wildman–Crippen LogP) is 3.06. The summed E-state index contributed by atoms with van der Waals surface area (Å²) in [5.41, 5.74) is 7.00. The Morgan fingerprint density at radius 2 is 1.94 bits per heavy atom. The molecule has 2 nitrogen and oxygen atoms in total. The monoisotopic (exact) mass is 254 g/mol. The summed E-state index contributed by atoms with van der Waals surface area (Å²) >= 11 is 0. The van der Waals surface area contributed by atoms with Gasteiger partial charge in [0.25, 0.3) is 0 Å². The van der Waals surface area contributed by atoms with Crippen molar-refractivity contribution in [3.05, 3.63) is 41.1 Å². The highest BCUT2D eigenvalue weighted by atomic mass is 19.4. The van der Waals surface area contributed by atoms with Crippen LogP contribution in [0.3, 0.4) is 0 Å². The van der Waals surface area contributed by atoms with Crippen molar-refractivity contribution >= 4 is 10.9 Å². The lowest BCUT2D eigenvalue weighted by molar-refractivity contribution is -0.137. The first-order valence-corrected chi connectivity index (χ1v) is 5.59. The lowest BCUT2D eigenvalue weighted by Gasteiger charge is -2.11. The number of halogens is 3. The third-order valence-corrected chi connectivity index (χ3v) is 2.76. The Morgan fingerprint density at radius 3 is 2.56 bits per heavy atom. The molecule has 0 aliphatic carbocycles. The number of alkyl halides is 3. The molecule has 1 heterocycles. The summed E-state index contributed by atoms with van der Waals surface area (Å²) in [6, 6.07) is 5.40. The Balaban J connectivity index is 2.66. The van der Waals surface area contributed by atoms with Crippen LogP contribution in [0.2, 0.25) is 0 Å². The number of pyridine rings is 1. The molecule has 96 valence electrons. The molecule has 2 rings (SSSR count). The van der Waals surface area contributed by atoms with Crippen LogP contribution >= 0.6 is 0 Å². The summed E-state index contributed by atoms with van der Waals surface area (Å²) in [6.07, 6.45) is -3.79. The van der Waals surface area contributed by atoms with Gasteiger partial charge in [0, 0.05) is 11.1 Å². The van der Waals surface area contributed by atoms with E-state index < -0.39 is 11.7 Å². The maximum absolute atomic E-state index is 12.7. The van der Waals surface area contributed by atoms with Gasteiger partial charge in [-0.1, -0.05) is 0 Å². The molecule has 18 heavy (non-hydrogen) atoms. The highest BCUT2D eigenvalue weighted by molar-refractivity contribution is 5.83. The second-order valence-electron chi connectivity index (χ2n) is 4.19. The number of nitrogens with zero attached hydrogens (tertiary/aromatic N) is 1. The molecule has 0 fully saturated rings. The van der Waals surface area contributed by atoms with E-state index in [0.717, 1.165) is 23.4 Å². The molecule has 2 N–H and O–H groups in total. The maximum atomic E-state index is 12.7. The van der Waals surface area contributed by atoms with E-state index in [4.69, 9.17) is 5.73 Å². The van der Waals surface area contributed by atoms with Crippen LogP contribution in [0.1, 0.15) is 16.8 Å². The van der Waals surface area contributed by atoms with Gasteiger partial charge in [-0.2, -0.15) is 13.2 Å². The van der Waals surface area contributed by atoms with Gasteiger partial charge in [0.1, 0.15) is 0 Å². The number of nitrogens with two attached hydrogens (primary N) is 1. The van der Waals surface area contributed by atoms with Gasteiger partial charge in [0.2, 0.25) is 0 Å². The van der Waals surface area contributed by atoms with E-state index in [2.05, 4.69) is 4.98 Å². The van der Waals surface area contributed by atoms with E-state index in [1.165, 1.54) is 6.07 Å². The van der Waals surface area contributed by atoms with E-state index in [1.807, 2.05) is 6.92 Å². The van der Waals surface area contributed by atoms with Crippen LogP contribution in [0.25, 0.3) is 10.9 Å². The molecule has 0 aliphatic heterocycles. The first-order chi connectivity index (χ1) is 8.41. The van der Waals surface area contributed by atoms with E-state index in [0.29, 0.717) is 23.9 Å². The average molecular weight is 254 g/mol. The van der Waals surface area contributed by atoms with E-state index >= 15 is 0 Å². The van der Waals surface area contributed by atoms with Crippen LogP contribution in [0.15, 0.2) is 24.3 Å². The molecule has 1 aromatic carbocycles. The fourth-order valence-electron chi connectivity index (χ4n) is 1.98. The van der Waals surface area contributed by atoms with Crippen LogP contribution in [0.5, 0.6) is 0 Å². The highest BCUT2D eigenvalue weighted by Gasteiger charge is 2.30. The van der Waals surface area contributed by atoms with Crippen LogP contribution in [0, 0.1) is 6.92 Å². The van der Waals surface area contributed by atoms with E-state index in [-0.39, 0.29) is 0 Å². The summed E-state index contributed by atoms with van der Waals surface area (Å²) < 4.78 is 38.0. The second kappa shape index (κ2) is 4.57. The molecule has 1 aromatic heterocycles. The minimum absolute atomic E-state index is 0.398. The minimum atomic E-state index is -4.33. The lowest BCUT2D eigenvalue weighted by atomic mass is 10.0. The molecule has 0 amide bonds. The van der Waals surface area contributed by atoms with Crippen molar-refractivity contribution in [3.8, 4) is 0 Å². The first kappa shape index (κ1) is 12.8. The van der Waals surface area contributed by atoms with Crippen molar-refractivity contribution in [3.63, 3.8) is 0 Å². The first-order valence-electron chi connectivity index (χ1n) is 5.59. The van der Waals surface area contributed by atoms with Crippen LogP contribution < -0.4 is 5.73 Å². The Morgan fingerprint density at radius 1 is 1.22 bits per heavy atom. The molecule has 0 spiro atoms. The van der Waals surface area contributed by atoms with Crippen molar-refractivity contribution in [1.82, 2.24) is 4.98 Å². The Bertz CT molecular complexity index is 576. The maximum Gasteiger partial charge on any atom is 0.416 e. The lowest BCUT2D eigenvalue weighted by Crippen LogP contribution is -2.07. The van der Waals surface area contributed by atoms with Crippen molar-refractivity contribution in [2.75, 3.05) is 6.54 Å². The predicted molar refractivity (Wildman–Crippen MR) is 64.2 cm³/mol. The van der Waals surface area contributed by atoms with Gasteiger partial charge in [0.05, 0.1) is 11.1 Å². The van der Waals surface area contributed by atoms with Crippen molar-refractivity contribution in [1.29, 1.82) is 0 Å². The van der Waals surface area contributed by atoms with Gasteiger partial charge in [0.15, 0.2) is 0 Å².